The van der Waals surface area contributed by atoms with E-state index in [1.165, 1.54) is 5.56 Å². The minimum absolute atomic E-state index is 0.599. The van der Waals surface area contributed by atoms with Gasteiger partial charge in [-0.05, 0) is 49.2 Å². The molecule has 0 unspecified atom stereocenters. The van der Waals surface area contributed by atoms with Gasteiger partial charge in [-0.2, -0.15) is 0 Å². The van der Waals surface area contributed by atoms with Crippen LogP contribution in [-0.2, 0) is 6.42 Å². The number of aldehydes is 1. The van der Waals surface area contributed by atoms with Gasteiger partial charge in [0, 0.05) is 22.8 Å². The van der Waals surface area contributed by atoms with E-state index >= 15 is 0 Å². The summed E-state index contributed by atoms with van der Waals surface area (Å²) in [4.78, 5) is 11.6. The summed E-state index contributed by atoms with van der Waals surface area (Å²) in [5.41, 5.74) is 4.78. The topological polar surface area (TPSA) is 30.7 Å². The predicted octanol–water partition coefficient (Wildman–Crippen LogP) is 4.38. The van der Waals surface area contributed by atoms with E-state index in [1.54, 1.807) is 0 Å². The highest BCUT2D eigenvalue weighted by molar-refractivity contribution is 5.91. The maximum absolute atomic E-state index is 11.6. The molecule has 3 rings (SSSR count). The molecule has 0 aliphatic heterocycles. The van der Waals surface area contributed by atoms with Gasteiger partial charge >= 0.3 is 0 Å². The van der Waals surface area contributed by atoms with E-state index in [1.807, 2.05) is 47.9 Å². The summed E-state index contributed by atoms with van der Waals surface area (Å²) in [5.74, 6) is 0.818. The second kappa shape index (κ2) is 6.06. The molecule has 3 aromatic rings. The first kappa shape index (κ1) is 14.4. The first-order valence-electron chi connectivity index (χ1n) is 7.59. The first-order valence-corrected chi connectivity index (χ1v) is 7.59. The van der Waals surface area contributed by atoms with Crippen LogP contribution in [0, 0.1) is 0 Å². The minimum atomic E-state index is 0.599. The normalized spacial score (nSPS) is 10.8. The molecule has 1 aromatic carbocycles. The highest BCUT2D eigenvalue weighted by Crippen LogP contribution is 2.35. The molecule has 0 saturated heterocycles. The molecule has 0 atom stereocenters. The molecule has 0 aliphatic carbocycles. The predicted molar refractivity (Wildman–Crippen MR) is 88.8 cm³/mol. The minimum Gasteiger partial charge on any atom is -0.493 e. The molecule has 0 amide bonds. The largest absolute Gasteiger partial charge is 0.493 e. The van der Waals surface area contributed by atoms with Crippen molar-refractivity contribution in [3.8, 4) is 16.9 Å². The van der Waals surface area contributed by atoms with Crippen molar-refractivity contribution in [3.63, 3.8) is 0 Å². The number of aryl methyl sites for hydroxylation is 1. The number of rotatable bonds is 5. The number of nitrogens with zero attached hydrogens (tertiary/aromatic N) is 1. The molecule has 0 bridgehead atoms. The third kappa shape index (κ3) is 2.39. The van der Waals surface area contributed by atoms with Crippen molar-refractivity contribution in [3.05, 3.63) is 59.9 Å². The van der Waals surface area contributed by atoms with Crippen LogP contribution in [0.4, 0.5) is 0 Å². The lowest BCUT2D eigenvalue weighted by Crippen LogP contribution is -1.97. The first-order chi connectivity index (χ1) is 10.8. The van der Waals surface area contributed by atoms with E-state index < -0.39 is 0 Å². The molecule has 22 heavy (non-hydrogen) atoms. The van der Waals surface area contributed by atoms with Gasteiger partial charge in [0.05, 0.1) is 12.3 Å². The molecule has 3 heteroatoms. The highest BCUT2D eigenvalue weighted by atomic mass is 16.5. The zero-order valence-electron chi connectivity index (χ0n) is 12.9. The Kier molecular flexibility index (Phi) is 3.96. The van der Waals surface area contributed by atoms with Crippen LogP contribution < -0.4 is 4.74 Å². The Bertz CT molecular complexity index is 817. The molecule has 0 N–H and O–H groups in total. The fourth-order valence-corrected chi connectivity index (χ4v) is 2.77. The Morgan fingerprint density at radius 2 is 1.95 bits per heavy atom. The second-order valence-corrected chi connectivity index (χ2v) is 5.17. The SMILES string of the molecule is CCOc1ccc(CC)cc1-c1cc2ccccn2c1C=O. The van der Waals surface area contributed by atoms with Gasteiger partial charge in [-0.15, -0.1) is 0 Å². The molecule has 2 aromatic heterocycles. The van der Waals surface area contributed by atoms with E-state index in [4.69, 9.17) is 4.74 Å². The average molecular weight is 293 g/mol. The van der Waals surface area contributed by atoms with Gasteiger partial charge in [0.1, 0.15) is 5.75 Å². The van der Waals surface area contributed by atoms with Gasteiger partial charge in [-0.25, -0.2) is 0 Å². The highest BCUT2D eigenvalue weighted by Gasteiger charge is 2.15. The van der Waals surface area contributed by atoms with Crippen molar-refractivity contribution in [1.29, 1.82) is 0 Å². The summed E-state index contributed by atoms with van der Waals surface area (Å²) in [6.45, 7) is 4.69. The fraction of sp³-hybridized carbons (Fsp3) is 0.211. The Morgan fingerprint density at radius 3 is 2.68 bits per heavy atom. The number of ether oxygens (including phenoxy) is 1. The lowest BCUT2D eigenvalue weighted by atomic mass is 10.0. The average Bonchev–Trinajstić information content (AvgIpc) is 2.93. The molecule has 0 spiro atoms. The van der Waals surface area contributed by atoms with Crippen LogP contribution in [0.15, 0.2) is 48.7 Å². The summed E-state index contributed by atoms with van der Waals surface area (Å²) in [5, 5.41) is 0. The van der Waals surface area contributed by atoms with Crippen LogP contribution in [-0.4, -0.2) is 17.3 Å². The summed E-state index contributed by atoms with van der Waals surface area (Å²) in [7, 11) is 0. The Morgan fingerprint density at radius 1 is 1.09 bits per heavy atom. The van der Waals surface area contributed by atoms with Gasteiger partial charge in [0.25, 0.3) is 0 Å². The number of pyridine rings is 1. The Labute approximate surface area is 130 Å². The molecule has 112 valence electrons. The smallest absolute Gasteiger partial charge is 0.167 e. The van der Waals surface area contributed by atoms with E-state index in [0.29, 0.717) is 12.3 Å². The monoisotopic (exact) mass is 293 g/mol. The van der Waals surface area contributed by atoms with Crippen LogP contribution in [0.3, 0.4) is 0 Å². The van der Waals surface area contributed by atoms with Crippen LogP contribution in [0.1, 0.15) is 29.9 Å². The molecule has 0 saturated carbocycles. The van der Waals surface area contributed by atoms with Gasteiger partial charge in [-0.3, -0.25) is 4.79 Å². The zero-order valence-corrected chi connectivity index (χ0v) is 12.9. The van der Waals surface area contributed by atoms with Crippen LogP contribution in [0.2, 0.25) is 0 Å². The third-order valence-corrected chi connectivity index (χ3v) is 3.87. The number of aromatic nitrogens is 1. The standard InChI is InChI=1S/C19H19NO2/c1-3-14-8-9-19(22-4-2)17(11-14)16-12-15-7-5-6-10-20(15)18(16)13-21/h5-13H,3-4H2,1-2H3. The van der Waals surface area contributed by atoms with E-state index in [2.05, 4.69) is 19.1 Å². The summed E-state index contributed by atoms with van der Waals surface area (Å²) >= 11 is 0. The summed E-state index contributed by atoms with van der Waals surface area (Å²) in [6.07, 6.45) is 3.77. The molecule has 0 fully saturated rings. The fourth-order valence-electron chi connectivity index (χ4n) is 2.77. The second-order valence-electron chi connectivity index (χ2n) is 5.17. The van der Waals surface area contributed by atoms with Gasteiger partial charge in [0.15, 0.2) is 6.29 Å². The number of carbonyl (C=O) groups excluding carboxylic acids is 1. The van der Waals surface area contributed by atoms with Gasteiger partial charge in [0.2, 0.25) is 0 Å². The maximum atomic E-state index is 11.6. The third-order valence-electron chi connectivity index (χ3n) is 3.87. The molecule has 0 radical (unpaired) electrons. The quantitative estimate of drug-likeness (QED) is 0.654. The van der Waals surface area contributed by atoms with E-state index in [-0.39, 0.29) is 0 Å². The molecule has 2 heterocycles. The lowest BCUT2D eigenvalue weighted by molar-refractivity contribution is 0.111. The number of benzene rings is 1. The lowest BCUT2D eigenvalue weighted by Gasteiger charge is -2.11. The number of hydrogen-bond acceptors (Lipinski definition) is 2. The summed E-state index contributed by atoms with van der Waals surface area (Å²) in [6, 6.07) is 14.1. The van der Waals surface area contributed by atoms with Crippen molar-refractivity contribution < 1.29 is 9.53 Å². The number of fused-ring (bicyclic) bond motifs is 1. The summed E-state index contributed by atoms with van der Waals surface area (Å²) < 4.78 is 7.67. The van der Waals surface area contributed by atoms with E-state index in [9.17, 15) is 4.79 Å². The van der Waals surface area contributed by atoms with Crippen LogP contribution in [0.5, 0.6) is 5.75 Å². The van der Waals surface area contributed by atoms with Crippen molar-refractivity contribution in [1.82, 2.24) is 4.40 Å². The zero-order chi connectivity index (χ0) is 15.5. The molecule has 3 nitrogen and oxygen atoms in total. The Hall–Kier alpha value is -2.55. The van der Waals surface area contributed by atoms with E-state index in [0.717, 1.165) is 35.1 Å². The maximum Gasteiger partial charge on any atom is 0.167 e. The molecular weight excluding hydrogens is 274 g/mol. The Balaban J connectivity index is 2.28. The molecule has 0 aliphatic rings. The van der Waals surface area contributed by atoms with Crippen molar-refractivity contribution in [2.24, 2.45) is 0 Å². The molecular formula is C19H19NO2. The van der Waals surface area contributed by atoms with Crippen molar-refractivity contribution in [2.45, 2.75) is 20.3 Å². The van der Waals surface area contributed by atoms with Crippen molar-refractivity contribution >= 4 is 11.8 Å². The number of carbonyl (C=O) groups is 1. The number of hydrogen-bond donors (Lipinski definition) is 0. The van der Waals surface area contributed by atoms with Gasteiger partial charge in [-0.1, -0.05) is 19.1 Å². The van der Waals surface area contributed by atoms with Crippen LogP contribution >= 0.6 is 0 Å². The van der Waals surface area contributed by atoms with Gasteiger partial charge < -0.3 is 9.14 Å². The van der Waals surface area contributed by atoms with Crippen LogP contribution in [0.25, 0.3) is 16.6 Å². The van der Waals surface area contributed by atoms with Crippen molar-refractivity contribution in [2.75, 3.05) is 6.61 Å².